The Bertz CT molecular complexity index is 552. The molecule has 1 nitrogen and oxygen atoms in total. The highest BCUT2D eigenvalue weighted by molar-refractivity contribution is 7.98. The van der Waals surface area contributed by atoms with Crippen LogP contribution in [0.3, 0.4) is 0 Å². The third-order valence-electron chi connectivity index (χ3n) is 2.30. The lowest BCUT2D eigenvalue weighted by Crippen LogP contribution is -1.90. The quantitative estimate of drug-likeness (QED) is 0.673. The molecule has 2 rings (SSSR count). The van der Waals surface area contributed by atoms with Crippen molar-refractivity contribution in [3.63, 3.8) is 0 Å². The van der Waals surface area contributed by atoms with Crippen LogP contribution in [0.4, 0.5) is 18.9 Å². The number of hydrogen-bond donors (Lipinski definition) is 1. The molecule has 0 aromatic heterocycles. The summed E-state index contributed by atoms with van der Waals surface area (Å²) in [6, 6.07) is 7.54. The van der Waals surface area contributed by atoms with E-state index in [2.05, 4.69) is 0 Å². The van der Waals surface area contributed by atoms with E-state index in [1.807, 2.05) is 0 Å². The molecule has 18 heavy (non-hydrogen) atoms. The smallest absolute Gasteiger partial charge is 0.130 e. The lowest BCUT2D eigenvalue weighted by Gasteiger charge is -2.05. The minimum absolute atomic E-state index is 0.287. The molecule has 0 aliphatic carbocycles. The molecule has 0 atom stereocenters. The van der Waals surface area contributed by atoms with Gasteiger partial charge in [0, 0.05) is 22.4 Å². The van der Waals surface area contributed by atoms with Crippen molar-refractivity contribution in [1.29, 1.82) is 0 Å². The first-order chi connectivity index (χ1) is 8.54. The SMILES string of the molecule is Nc1cc(F)cc(SCc2ccc(F)cc2F)c1. The maximum atomic E-state index is 13.4. The maximum Gasteiger partial charge on any atom is 0.130 e. The predicted octanol–water partition coefficient (Wildman–Crippen LogP) is 3.98. The van der Waals surface area contributed by atoms with Crippen molar-refractivity contribution >= 4 is 17.4 Å². The van der Waals surface area contributed by atoms with Crippen LogP contribution in [0.25, 0.3) is 0 Å². The van der Waals surface area contributed by atoms with E-state index in [9.17, 15) is 13.2 Å². The van der Waals surface area contributed by atoms with Crippen molar-refractivity contribution in [2.24, 2.45) is 0 Å². The zero-order chi connectivity index (χ0) is 13.1. The predicted molar refractivity (Wildman–Crippen MR) is 66.7 cm³/mol. The maximum absolute atomic E-state index is 13.4. The molecule has 0 aliphatic heterocycles. The third kappa shape index (κ3) is 3.20. The average molecular weight is 269 g/mol. The second-order valence-electron chi connectivity index (χ2n) is 3.74. The zero-order valence-corrected chi connectivity index (χ0v) is 10.1. The van der Waals surface area contributed by atoms with Crippen LogP contribution in [0.15, 0.2) is 41.3 Å². The van der Waals surface area contributed by atoms with Crippen molar-refractivity contribution in [3.8, 4) is 0 Å². The molecule has 0 fully saturated rings. The van der Waals surface area contributed by atoms with Crippen molar-refractivity contribution in [3.05, 3.63) is 59.4 Å². The Morgan fingerprint density at radius 3 is 2.39 bits per heavy atom. The number of halogens is 3. The van der Waals surface area contributed by atoms with E-state index in [-0.39, 0.29) is 5.75 Å². The fraction of sp³-hybridized carbons (Fsp3) is 0.0769. The molecule has 0 radical (unpaired) electrons. The van der Waals surface area contributed by atoms with Crippen LogP contribution in [-0.2, 0) is 5.75 Å². The van der Waals surface area contributed by atoms with Gasteiger partial charge in [0.25, 0.3) is 0 Å². The van der Waals surface area contributed by atoms with Gasteiger partial charge in [0.05, 0.1) is 0 Å². The van der Waals surface area contributed by atoms with Gasteiger partial charge in [-0.2, -0.15) is 0 Å². The van der Waals surface area contributed by atoms with Gasteiger partial charge < -0.3 is 5.73 Å². The zero-order valence-electron chi connectivity index (χ0n) is 9.29. The number of nitrogens with two attached hydrogens (primary N) is 1. The number of thioether (sulfide) groups is 1. The van der Waals surface area contributed by atoms with Crippen molar-refractivity contribution in [2.75, 3.05) is 5.73 Å². The minimum atomic E-state index is -0.615. The molecule has 2 aromatic carbocycles. The summed E-state index contributed by atoms with van der Waals surface area (Å²) in [4.78, 5) is 0.608. The van der Waals surface area contributed by atoms with E-state index in [0.717, 1.165) is 6.07 Å². The molecule has 2 aromatic rings. The van der Waals surface area contributed by atoms with Gasteiger partial charge in [-0.05, 0) is 29.8 Å². The van der Waals surface area contributed by atoms with Gasteiger partial charge >= 0.3 is 0 Å². The standard InChI is InChI=1S/C13H10F3NS/c14-9-2-1-8(13(16)5-9)7-18-12-4-10(15)3-11(17)6-12/h1-6H,7,17H2. The minimum Gasteiger partial charge on any atom is -0.399 e. The molecule has 0 saturated heterocycles. The van der Waals surface area contributed by atoms with Gasteiger partial charge in [-0.3, -0.25) is 0 Å². The second kappa shape index (κ2) is 5.35. The van der Waals surface area contributed by atoms with Crippen molar-refractivity contribution in [1.82, 2.24) is 0 Å². The van der Waals surface area contributed by atoms with Crippen LogP contribution in [-0.4, -0.2) is 0 Å². The number of anilines is 1. The van der Waals surface area contributed by atoms with Crippen LogP contribution in [0.5, 0.6) is 0 Å². The van der Waals surface area contributed by atoms with Gasteiger partial charge in [-0.25, -0.2) is 13.2 Å². The Morgan fingerprint density at radius 2 is 1.72 bits per heavy atom. The van der Waals surface area contributed by atoms with Crippen LogP contribution in [0, 0.1) is 17.5 Å². The van der Waals surface area contributed by atoms with E-state index in [4.69, 9.17) is 5.73 Å². The van der Waals surface area contributed by atoms with Crippen LogP contribution in [0.2, 0.25) is 0 Å². The monoisotopic (exact) mass is 269 g/mol. The molecular formula is C13H10F3NS. The topological polar surface area (TPSA) is 26.0 Å². The first-order valence-electron chi connectivity index (χ1n) is 5.17. The number of benzene rings is 2. The van der Waals surface area contributed by atoms with Crippen LogP contribution in [0.1, 0.15) is 5.56 Å². The molecule has 0 saturated carbocycles. The normalized spacial score (nSPS) is 10.6. The highest BCUT2D eigenvalue weighted by atomic mass is 32.2. The first-order valence-corrected chi connectivity index (χ1v) is 6.16. The van der Waals surface area contributed by atoms with Gasteiger partial charge in [0.2, 0.25) is 0 Å². The number of nitrogen functional groups attached to an aromatic ring is 1. The lowest BCUT2D eigenvalue weighted by molar-refractivity contribution is 0.576. The Kier molecular flexibility index (Phi) is 3.81. The van der Waals surface area contributed by atoms with Crippen molar-refractivity contribution in [2.45, 2.75) is 10.6 Å². The van der Waals surface area contributed by atoms with E-state index in [1.165, 1.54) is 36.0 Å². The second-order valence-corrected chi connectivity index (χ2v) is 4.79. The largest absolute Gasteiger partial charge is 0.399 e. The summed E-state index contributed by atoms with van der Waals surface area (Å²) >= 11 is 1.24. The summed E-state index contributed by atoms with van der Waals surface area (Å²) in [7, 11) is 0. The van der Waals surface area contributed by atoms with Crippen molar-refractivity contribution < 1.29 is 13.2 Å². The highest BCUT2D eigenvalue weighted by Gasteiger charge is 2.05. The summed E-state index contributed by atoms with van der Waals surface area (Å²) in [5.74, 6) is -1.37. The van der Waals surface area contributed by atoms with Gasteiger partial charge in [-0.15, -0.1) is 11.8 Å². The summed E-state index contributed by atoms with van der Waals surface area (Å²) in [5.41, 5.74) is 6.18. The van der Waals surface area contributed by atoms with Crippen LogP contribution >= 0.6 is 11.8 Å². The Balaban J connectivity index is 2.11. The molecule has 0 bridgehead atoms. The van der Waals surface area contributed by atoms with E-state index < -0.39 is 17.5 Å². The molecule has 94 valence electrons. The first kappa shape index (κ1) is 12.8. The van der Waals surface area contributed by atoms with Gasteiger partial charge in [0.1, 0.15) is 17.5 Å². The molecule has 0 spiro atoms. The molecule has 0 unspecified atom stereocenters. The number of rotatable bonds is 3. The van der Waals surface area contributed by atoms with Gasteiger partial charge in [0.15, 0.2) is 0 Å². The number of hydrogen-bond acceptors (Lipinski definition) is 2. The molecule has 2 N–H and O–H groups in total. The molecule has 0 aliphatic rings. The highest BCUT2D eigenvalue weighted by Crippen LogP contribution is 2.26. The Morgan fingerprint density at radius 1 is 0.944 bits per heavy atom. The third-order valence-corrected chi connectivity index (χ3v) is 3.33. The molecular weight excluding hydrogens is 259 g/mol. The molecule has 0 amide bonds. The van der Waals surface area contributed by atoms with E-state index >= 15 is 0 Å². The molecule has 0 heterocycles. The lowest BCUT2D eigenvalue weighted by atomic mass is 10.2. The van der Waals surface area contributed by atoms with Gasteiger partial charge in [-0.1, -0.05) is 6.07 Å². The summed E-state index contributed by atoms with van der Waals surface area (Å²) < 4.78 is 39.1. The summed E-state index contributed by atoms with van der Waals surface area (Å²) in [5, 5.41) is 0. The van der Waals surface area contributed by atoms with E-state index in [0.29, 0.717) is 16.1 Å². The Hall–Kier alpha value is -1.62. The van der Waals surface area contributed by atoms with E-state index in [1.54, 1.807) is 6.07 Å². The summed E-state index contributed by atoms with van der Waals surface area (Å²) in [6.07, 6.45) is 0. The Labute approximate surface area is 107 Å². The summed E-state index contributed by atoms with van der Waals surface area (Å²) in [6.45, 7) is 0. The fourth-order valence-electron chi connectivity index (χ4n) is 1.47. The average Bonchev–Trinajstić information content (AvgIpc) is 2.26. The fourth-order valence-corrected chi connectivity index (χ4v) is 2.44. The molecule has 5 heteroatoms. The van der Waals surface area contributed by atoms with Crippen LogP contribution < -0.4 is 5.73 Å².